The summed E-state index contributed by atoms with van der Waals surface area (Å²) in [5.41, 5.74) is 2.49. The van der Waals surface area contributed by atoms with Crippen LogP contribution in [0.1, 0.15) is 18.4 Å². The first kappa shape index (κ1) is 27.2. The number of amides is 1. The Kier molecular flexibility index (Phi) is 8.29. The number of likely N-dealkylation sites (tertiary alicyclic amines) is 1. The topological polar surface area (TPSA) is 90.3 Å². The van der Waals surface area contributed by atoms with Crippen LogP contribution >= 0.6 is 34.8 Å². The zero-order chi connectivity index (χ0) is 26.7. The van der Waals surface area contributed by atoms with Crippen LogP contribution in [0.2, 0.25) is 15.1 Å². The summed E-state index contributed by atoms with van der Waals surface area (Å²) in [5.74, 6) is -0.368. The number of anilines is 1. The molecule has 0 unspecified atom stereocenters. The van der Waals surface area contributed by atoms with Crippen molar-refractivity contribution in [2.75, 3.05) is 24.7 Å². The van der Waals surface area contributed by atoms with Crippen molar-refractivity contribution in [2.45, 2.75) is 17.7 Å². The maximum absolute atomic E-state index is 12.8. The SMILES string of the molecule is CS(=O)(=O)c1cccc(-c2ccc(/C(=C/C(=N)C(=O)N3CCCC3)Nc3c(Cl)cccc3Cl)c(Cl)c2)c1. The number of hydrogen-bond donors (Lipinski definition) is 2. The molecule has 4 rings (SSSR count). The first-order valence-electron chi connectivity index (χ1n) is 11.5. The second kappa shape index (κ2) is 11.3. The highest BCUT2D eigenvalue weighted by molar-refractivity contribution is 7.90. The largest absolute Gasteiger partial charge is 0.352 e. The number of hydrogen-bond acceptors (Lipinski definition) is 5. The molecule has 0 bridgehead atoms. The molecule has 3 aromatic rings. The van der Waals surface area contributed by atoms with E-state index in [0.29, 0.717) is 56.2 Å². The molecule has 192 valence electrons. The zero-order valence-electron chi connectivity index (χ0n) is 19.9. The molecule has 0 aliphatic carbocycles. The maximum atomic E-state index is 12.8. The quantitative estimate of drug-likeness (QED) is 0.302. The summed E-state index contributed by atoms with van der Waals surface area (Å²) in [6.07, 6.45) is 4.41. The minimum absolute atomic E-state index is 0.200. The summed E-state index contributed by atoms with van der Waals surface area (Å²) in [6, 6.07) is 16.9. The molecule has 1 heterocycles. The molecule has 1 amide bonds. The predicted molar refractivity (Wildman–Crippen MR) is 152 cm³/mol. The monoisotopic (exact) mass is 575 g/mol. The fourth-order valence-corrected chi connectivity index (χ4v) is 5.49. The highest BCUT2D eigenvalue weighted by Crippen LogP contribution is 2.36. The van der Waals surface area contributed by atoms with E-state index in [4.69, 9.17) is 40.2 Å². The molecule has 1 aliphatic heterocycles. The van der Waals surface area contributed by atoms with E-state index in [1.807, 2.05) is 0 Å². The molecule has 6 nitrogen and oxygen atoms in total. The van der Waals surface area contributed by atoms with E-state index in [1.54, 1.807) is 59.5 Å². The van der Waals surface area contributed by atoms with Crippen LogP contribution in [0, 0.1) is 5.41 Å². The van der Waals surface area contributed by atoms with Gasteiger partial charge in [-0.3, -0.25) is 10.2 Å². The number of para-hydroxylation sites is 1. The number of carbonyl (C=O) groups excluding carboxylic acids is 1. The lowest BCUT2D eigenvalue weighted by Gasteiger charge is -2.18. The van der Waals surface area contributed by atoms with E-state index in [2.05, 4.69) is 5.32 Å². The van der Waals surface area contributed by atoms with Gasteiger partial charge in [-0.15, -0.1) is 0 Å². The number of nitrogens with zero attached hydrogens (tertiary/aromatic N) is 1. The summed E-state index contributed by atoms with van der Waals surface area (Å²) in [7, 11) is -3.37. The Morgan fingerprint density at radius 1 is 0.919 bits per heavy atom. The second-order valence-corrected chi connectivity index (χ2v) is 11.9. The van der Waals surface area contributed by atoms with Crippen molar-refractivity contribution >= 4 is 67.6 Å². The number of sulfone groups is 1. The second-order valence-electron chi connectivity index (χ2n) is 8.69. The first-order valence-corrected chi connectivity index (χ1v) is 14.5. The number of benzene rings is 3. The van der Waals surface area contributed by atoms with Gasteiger partial charge < -0.3 is 10.2 Å². The van der Waals surface area contributed by atoms with Crippen LogP contribution in [-0.4, -0.2) is 44.3 Å². The molecular formula is C27H24Cl3N3O3S. The van der Waals surface area contributed by atoms with Crippen LogP contribution in [0.5, 0.6) is 0 Å². The lowest BCUT2D eigenvalue weighted by molar-refractivity contribution is -0.123. The molecule has 3 aromatic carbocycles. The van der Waals surface area contributed by atoms with Crippen LogP contribution in [0.4, 0.5) is 5.69 Å². The molecule has 0 saturated carbocycles. The number of carbonyl (C=O) groups is 1. The summed E-state index contributed by atoms with van der Waals surface area (Å²) >= 11 is 19.5. The van der Waals surface area contributed by atoms with E-state index in [9.17, 15) is 13.2 Å². The molecule has 1 fully saturated rings. The average Bonchev–Trinajstić information content (AvgIpc) is 3.40. The van der Waals surface area contributed by atoms with Crippen molar-refractivity contribution in [3.63, 3.8) is 0 Å². The Bertz CT molecular complexity index is 1490. The third-order valence-electron chi connectivity index (χ3n) is 5.99. The molecule has 37 heavy (non-hydrogen) atoms. The molecule has 0 radical (unpaired) electrons. The van der Waals surface area contributed by atoms with Gasteiger partial charge >= 0.3 is 0 Å². The third-order valence-corrected chi connectivity index (χ3v) is 8.04. The van der Waals surface area contributed by atoms with Crippen molar-refractivity contribution in [1.82, 2.24) is 4.90 Å². The molecule has 0 atom stereocenters. The summed E-state index contributed by atoms with van der Waals surface area (Å²) in [4.78, 5) is 14.7. The van der Waals surface area contributed by atoms with Crippen molar-refractivity contribution in [1.29, 1.82) is 5.41 Å². The van der Waals surface area contributed by atoms with Gasteiger partial charge in [0.25, 0.3) is 5.91 Å². The van der Waals surface area contributed by atoms with E-state index in [1.165, 1.54) is 12.1 Å². The molecule has 1 saturated heterocycles. The third kappa shape index (κ3) is 6.36. The lowest BCUT2D eigenvalue weighted by atomic mass is 10.0. The summed E-state index contributed by atoms with van der Waals surface area (Å²) in [5, 5.41) is 12.7. The molecular weight excluding hydrogens is 553 g/mol. The minimum atomic E-state index is -3.37. The van der Waals surface area contributed by atoms with Gasteiger partial charge in [-0.05, 0) is 60.4 Å². The van der Waals surface area contributed by atoms with Crippen molar-refractivity contribution < 1.29 is 13.2 Å². The number of halogens is 3. The average molecular weight is 577 g/mol. The fraction of sp³-hybridized carbons (Fsp3) is 0.185. The molecule has 0 aromatic heterocycles. The highest BCUT2D eigenvalue weighted by atomic mass is 35.5. The zero-order valence-corrected chi connectivity index (χ0v) is 23.0. The van der Waals surface area contributed by atoms with Gasteiger partial charge in [0.2, 0.25) is 0 Å². The highest BCUT2D eigenvalue weighted by Gasteiger charge is 2.22. The Morgan fingerprint density at radius 3 is 2.16 bits per heavy atom. The molecule has 0 spiro atoms. The maximum Gasteiger partial charge on any atom is 0.271 e. The van der Waals surface area contributed by atoms with Crippen molar-refractivity contribution in [3.8, 4) is 11.1 Å². The standard InChI is InChI=1S/C27H24Cl3N3O3S/c1-37(35,36)19-7-4-6-17(14-19)18-10-11-20(23(30)15-18)25(32-26-21(28)8-5-9-22(26)29)16-24(31)27(34)33-12-2-3-13-33/h4-11,14-16,31-32H,2-3,12-13H2,1H3/b25-16-,31-24?. The van der Waals surface area contributed by atoms with Crippen LogP contribution in [0.25, 0.3) is 16.8 Å². The van der Waals surface area contributed by atoms with E-state index < -0.39 is 9.84 Å². The fourth-order valence-electron chi connectivity index (χ4n) is 4.05. The lowest BCUT2D eigenvalue weighted by Crippen LogP contribution is -2.33. The number of rotatable bonds is 7. The smallest absolute Gasteiger partial charge is 0.271 e. The Morgan fingerprint density at radius 2 is 1.54 bits per heavy atom. The van der Waals surface area contributed by atoms with Gasteiger partial charge in [0.15, 0.2) is 9.84 Å². The van der Waals surface area contributed by atoms with Gasteiger partial charge in [-0.2, -0.15) is 0 Å². The van der Waals surface area contributed by atoms with Crippen LogP contribution in [-0.2, 0) is 14.6 Å². The normalized spacial score (nSPS) is 14.1. The Balaban J connectivity index is 1.75. The van der Waals surface area contributed by atoms with Crippen LogP contribution < -0.4 is 5.32 Å². The molecule has 1 aliphatic rings. The van der Waals surface area contributed by atoms with Gasteiger partial charge in [-0.25, -0.2) is 8.42 Å². The van der Waals surface area contributed by atoms with Crippen LogP contribution in [0.15, 0.2) is 71.6 Å². The van der Waals surface area contributed by atoms with Crippen molar-refractivity contribution in [2.24, 2.45) is 0 Å². The summed E-state index contributed by atoms with van der Waals surface area (Å²) in [6.45, 7) is 1.24. The first-order chi connectivity index (χ1) is 17.5. The Hall–Kier alpha value is -2.84. The number of nitrogens with one attached hydrogen (secondary N) is 2. The summed E-state index contributed by atoms with van der Waals surface area (Å²) < 4.78 is 24.0. The van der Waals surface area contributed by atoms with E-state index in [0.717, 1.165) is 19.1 Å². The predicted octanol–water partition coefficient (Wildman–Crippen LogP) is 6.81. The van der Waals surface area contributed by atoms with Crippen molar-refractivity contribution in [3.05, 3.63) is 87.4 Å². The van der Waals surface area contributed by atoms with E-state index >= 15 is 0 Å². The van der Waals surface area contributed by atoms with Gasteiger partial charge in [0.1, 0.15) is 5.71 Å². The minimum Gasteiger partial charge on any atom is -0.352 e. The molecule has 10 heteroatoms. The van der Waals surface area contributed by atoms with Gasteiger partial charge in [0.05, 0.1) is 25.7 Å². The molecule has 2 N–H and O–H groups in total. The van der Waals surface area contributed by atoms with Gasteiger partial charge in [0, 0.05) is 30.6 Å². The van der Waals surface area contributed by atoms with E-state index in [-0.39, 0.29) is 16.5 Å². The van der Waals surface area contributed by atoms with Gasteiger partial charge in [-0.1, -0.05) is 65.1 Å². The van der Waals surface area contributed by atoms with Crippen LogP contribution in [0.3, 0.4) is 0 Å². The Labute approximate surface area is 231 Å².